The maximum atomic E-state index is 10.3. The molecule has 0 spiro atoms. The van der Waals surface area contributed by atoms with Crippen LogP contribution in [0.4, 0.5) is 0 Å². The smallest absolute Gasteiger partial charge is 0.303 e. The number of alkyl halides is 1. The van der Waals surface area contributed by atoms with Crippen LogP contribution in [0.25, 0.3) is 0 Å². The normalized spacial score (nSPS) is 11.7. The van der Waals surface area contributed by atoms with Gasteiger partial charge in [0.2, 0.25) is 0 Å². The van der Waals surface area contributed by atoms with Gasteiger partial charge in [-0.15, -0.1) is 0 Å². The third-order valence-corrected chi connectivity index (χ3v) is 4.58. The Balaban J connectivity index is 0. The first-order valence-electron chi connectivity index (χ1n) is 10.7. The van der Waals surface area contributed by atoms with Gasteiger partial charge in [0.1, 0.15) is 5.56 Å². The van der Waals surface area contributed by atoms with Crippen molar-refractivity contribution in [3.05, 3.63) is 0 Å². The molecule has 0 aromatic carbocycles. The molecule has 0 rings (SSSR count). The van der Waals surface area contributed by atoms with E-state index in [1.54, 1.807) is 0 Å². The van der Waals surface area contributed by atoms with E-state index in [4.69, 9.17) is 26.9 Å². The molecule has 3 N–H and O–H groups in total. The van der Waals surface area contributed by atoms with Gasteiger partial charge in [-0.25, -0.2) is 0 Å². The summed E-state index contributed by atoms with van der Waals surface area (Å²) < 4.78 is 0. The third-order valence-electron chi connectivity index (χ3n) is 4.36. The molecule has 0 heterocycles. The number of rotatable bonds is 18. The summed E-state index contributed by atoms with van der Waals surface area (Å²) in [5.74, 6) is -0.653. The summed E-state index contributed by atoms with van der Waals surface area (Å²) in [5.41, 5.74) is -0.880. The summed E-state index contributed by atoms with van der Waals surface area (Å²) in [4.78, 5) is 10.3. The molecular weight excluding hydrogens is 352 g/mol. The lowest BCUT2D eigenvalue weighted by Gasteiger charge is -2.03. The fourth-order valence-electron chi connectivity index (χ4n) is 2.75. The van der Waals surface area contributed by atoms with Gasteiger partial charge in [0.15, 0.2) is 0 Å². The number of aliphatic carboxylic acids is 1. The van der Waals surface area contributed by atoms with E-state index in [0.717, 1.165) is 12.8 Å². The Hall–Kier alpha value is -0.320. The fourth-order valence-corrected chi connectivity index (χ4v) is 2.85. The average molecular weight is 395 g/mol. The van der Waals surface area contributed by atoms with E-state index < -0.39 is 11.5 Å². The van der Waals surface area contributed by atoms with Gasteiger partial charge in [0.05, 0.1) is 0 Å². The Bertz CT molecular complexity index is 273. The maximum Gasteiger partial charge on any atom is 0.303 e. The molecule has 26 heavy (non-hydrogen) atoms. The molecule has 1 atom stereocenters. The first-order chi connectivity index (χ1) is 12.5. The minimum atomic E-state index is -0.880. The Labute approximate surface area is 166 Å². The molecular formula is C21H43ClO4. The standard InChI is InChI=1S/C18H36O2.C3H7ClO2/c1-2-3-4-5-6-7-8-9-10-11-12-13-14-15-16-17-18(19)20;4-3(6)1-2-5/h2-17H2,1H3,(H,19,20);3,5-6H,1-2H2. The lowest BCUT2D eigenvalue weighted by Crippen LogP contribution is -1.97. The van der Waals surface area contributed by atoms with E-state index in [-0.39, 0.29) is 13.0 Å². The lowest BCUT2D eigenvalue weighted by molar-refractivity contribution is -0.137. The average Bonchev–Trinajstić information content (AvgIpc) is 2.58. The van der Waals surface area contributed by atoms with E-state index >= 15 is 0 Å². The molecule has 5 heteroatoms. The van der Waals surface area contributed by atoms with Crippen LogP contribution in [0, 0.1) is 0 Å². The van der Waals surface area contributed by atoms with Crippen molar-refractivity contribution < 1.29 is 20.1 Å². The van der Waals surface area contributed by atoms with Crippen molar-refractivity contribution in [2.75, 3.05) is 6.61 Å². The molecule has 0 radical (unpaired) electrons. The van der Waals surface area contributed by atoms with Crippen LogP contribution in [-0.4, -0.2) is 33.5 Å². The number of unbranched alkanes of at least 4 members (excludes halogenated alkanes) is 14. The van der Waals surface area contributed by atoms with Crippen LogP contribution < -0.4 is 0 Å². The van der Waals surface area contributed by atoms with Gasteiger partial charge in [-0.3, -0.25) is 4.79 Å². The molecule has 0 bridgehead atoms. The van der Waals surface area contributed by atoms with Crippen molar-refractivity contribution in [2.45, 2.75) is 122 Å². The number of halogens is 1. The van der Waals surface area contributed by atoms with Crippen LogP contribution >= 0.6 is 11.6 Å². The molecule has 0 saturated heterocycles. The number of carbonyl (C=O) groups is 1. The number of hydrogen-bond donors (Lipinski definition) is 3. The van der Waals surface area contributed by atoms with Crippen molar-refractivity contribution in [2.24, 2.45) is 0 Å². The molecule has 0 amide bonds. The highest BCUT2D eigenvalue weighted by molar-refractivity contribution is 6.19. The van der Waals surface area contributed by atoms with Crippen molar-refractivity contribution in [1.29, 1.82) is 0 Å². The Morgan fingerprint density at radius 1 is 0.769 bits per heavy atom. The molecule has 158 valence electrons. The van der Waals surface area contributed by atoms with Crippen molar-refractivity contribution in [1.82, 2.24) is 0 Å². The van der Waals surface area contributed by atoms with Crippen LogP contribution in [0.2, 0.25) is 0 Å². The zero-order valence-electron chi connectivity index (χ0n) is 16.9. The number of aliphatic hydroxyl groups excluding tert-OH is 2. The highest BCUT2D eigenvalue weighted by Gasteiger charge is 1.97. The van der Waals surface area contributed by atoms with Gasteiger partial charge in [-0.05, 0) is 6.42 Å². The molecule has 0 fully saturated rings. The molecule has 0 aromatic heterocycles. The third kappa shape index (κ3) is 31.4. The molecule has 0 aliphatic heterocycles. The molecule has 0 aromatic rings. The van der Waals surface area contributed by atoms with Crippen LogP contribution in [-0.2, 0) is 4.79 Å². The highest BCUT2D eigenvalue weighted by Crippen LogP contribution is 2.13. The molecule has 4 nitrogen and oxygen atoms in total. The van der Waals surface area contributed by atoms with E-state index in [2.05, 4.69) is 6.92 Å². The predicted octanol–water partition coefficient (Wildman–Crippen LogP) is 6.26. The van der Waals surface area contributed by atoms with E-state index in [9.17, 15) is 4.79 Å². The van der Waals surface area contributed by atoms with Gasteiger partial charge in [0, 0.05) is 19.4 Å². The highest BCUT2D eigenvalue weighted by atomic mass is 35.5. The Morgan fingerprint density at radius 2 is 1.12 bits per heavy atom. The summed E-state index contributed by atoms with van der Waals surface area (Å²) in [5, 5.41) is 24.7. The summed E-state index contributed by atoms with van der Waals surface area (Å²) in [6, 6.07) is 0. The fraction of sp³-hybridized carbons (Fsp3) is 0.952. The topological polar surface area (TPSA) is 77.8 Å². The van der Waals surface area contributed by atoms with Crippen molar-refractivity contribution in [3.8, 4) is 0 Å². The molecule has 0 aliphatic carbocycles. The van der Waals surface area contributed by atoms with Gasteiger partial charge in [0.25, 0.3) is 0 Å². The van der Waals surface area contributed by atoms with Crippen molar-refractivity contribution >= 4 is 17.6 Å². The maximum absolute atomic E-state index is 10.3. The number of carboxylic acids is 1. The van der Waals surface area contributed by atoms with E-state index in [1.807, 2.05) is 0 Å². The summed E-state index contributed by atoms with van der Waals surface area (Å²) in [7, 11) is 0. The zero-order valence-corrected chi connectivity index (χ0v) is 17.7. The second kappa shape index (κ2) is 24.7. The van der Waals surface area contributed by atoms with E-state index in [0.29, 0.717) is 6.42 Å². The van der Waals surface area contributed by atoms with Crippen LogP contribution in [0.1, 0.15) is 116 Å². The minimum absolute atomic E-state index is 0.0509. The summed E-state index contributed by atoms with van der Waals surface area (Å²) in [6.45, 7) is 2.22. The number of aliphatic hydroxyl groups is 2. The van der Waals surface area contributed by atoms with Crippen LogP contribution in [0.15, 0.2) is 0 Å². The number of carboxylic acid groups (broad SMARTS) is 1. The monoisotopic (exact) mass is 394 g/mol. The number of hydrogen-bond acceptors (Lipinski definition) is 3. The van der Waals surface area contributed by atoms with Gasteiger partial charge >= 0.3 is 5.97 Å². The first kappa shape index (κ1) is 27.9. The SMILES string of the molecule is CCCCCCCCCCCCCCCCCC(=O)O.OCCC(O)Cl. The summed E-state index contributed by atoms with van der Waals surface area (Å²) in [6.07, 6.45) is 20.5. The zero-order chi connectivity index (χ0) is 19.9. The van der Waals surface area contributed by atoms with Gasteiger partial charge in [-0.1, -0.05) is 108 Å². The molecule has 0 saturated carbocycles. The second-order valence-corrected chi connectivity index (χ2v) is 7.54. The molecule has 1 unspecified atom stereocenters. The Kier molecular flexibility index (Phi) is 26.5. The van der Waals surface area contributed by atoms with Gasteiger partial charge < -0.3 is 15.3 Å². The van der Waals surface area contributed by atoms with Crippen LogP contribution in [0.3, 0.4) is 0 Å². The Morgan fingerprint density at radius 3 is 1.35 bits per heavy atom. The summed E-state index contributed by atoms with van der Waals surface area (Å²) >= 11 is 4.97. The van der Waals surface area contributed by atoms with Crippen molar-refractivity contribution in [3.63, 3.8) is 0 Å². The lowest BCUT2D eigenvalue weighted by atomic mass is 10.0. The van der Waals surface area contributed by atoms with Crippen LogP contribution in [0.5, 0.6) is 0 Å². The quantitative estimate of drug-likeness (QED) is 0.189. The van der Waals surface area contributed by atoms with Gasteiger partial charge in [-0.2, -0.15) is 0 Å². The largest absolute Gasteiger partial charge is 0.481 e. The predicted molar refractivity (Wildman–Crippen MR) is 111 cm³/mol. The van der Waals surface area contributed by atoms with E-state index in [1.165, 1.54) is 83.5 Å². The minimum Gasteiger partial charge on any atom is -0.481 e. The first-order valence-corrected chi connectivity index (χ1v) is 11.1. The molecule has 0 aliphatic rings. The second-order valence-electron chi connectivity index (χ2n) is 7.04.